The number of halogens is 1. The van der Waals surface area contributed by atoms with Crippen LogP contribution < -0.4 is 10.2 Å². The summed E-state index contributed by atoms with van der Waals surface area (Å²) in [5.41, 5.74) is 1.44. The number of likely N-dealkylation sites (tertiary alicyclic amines) is 1. The fraction of sp³-hybridized carbons (Fsp3) is 0.391. The first-order valence-electron chi connectivity index (χ1n) is 10.6. The zero-order valence-corrected chi connectivity index (χ0v) is 18.0. The number of pyridine rings is 1. The van der Waals surface area contributed by atoms with Crippen LogP contribution >= 0.6 is 11.6 Å². The Balaban J connectivity index is 1.31. The van der Waals surface area contributed by atoms with Gasteiger partial charge in [0.05, 0.1) is 5.02 Å². The number of hydrogen-bond donors (Lipinski definition) is 1. The van der Waals surface area contributed by atoms with Gasteiger partial charge in [-0.05, 0) is 62.1 Å². The van der Waals surface area contributed by atoms with Crippen molar-refractivity contribution >= 4 is 40.8 Å². The molecule has 162 valence electrons. The molecule has 8 heteroatoms. The maximum absolute atomic E-state index is 12.9. The number of rotatable bonds is 4. The lowest BCUT2D eigenvalue weighted by molar-refractivity contribution is -0.121. The van der Waals surface area contributed by atoms with Crippen LogP contribution in [0.15, 0.2) is 42.6 Å². The lowest BCUT2D eigenvalue weighted by Crippen LogP contribution is -2.41. The van der Waals surface area contributed by atoms with Crippen LogP contribution in [0.25, 0.3) is 0 Å². The molecular weight excluding hydrogens is 416 g/mol. The molecule has 1 N–H and O–H groups in total. The molecule has 3 amide bonds. The Kier molecular flexibility index (Phi) is 6.51. The Labute approximate surface area is 186 Å². The summed E-state index contributed by atoms with van der Waals surface area (Å²) < 4.78 is 0. The third-order valence-electron chi connectivity index (χ3n) is 5.88. The van der Waals surface area contributed by atoms with Gasteiger partial charge < -0.3 is 15.1 Å². The maximum atomic E-state index is 12.9. The van der Waals surface area contributed by atoms with Gasteiger partial charge in [-0.3, -0.25) is 14.4 Å². The van der Waals surface area contributed by atoms with Crippen molar-refractivity contribution in [3.8, 4) is 0 Å². The van der Waals surface area contributed by atoms with Crippen molar-refractivity contribution in [1.82, 2.24) is 9.88 Å². The zero-order valence-electron chi connectivity index (χ0n) is 17.2. The summed E-state index contributed by atoms with van der Waals surface area (Å²) in [5, 5.41) is 3.33. The molecule has 1 aromatic heterocycles. The number of carbonyl (C=O) groups excluding carboxylic acids is 3. The van der Waals surface area contributed by atoms with E-state index >= 15 is 0 Å². The minimum atomic E-state index is -0.158. The largest absolute Gasteiger partial charge is 0.339 e. The second kappa shape index (κ2) is 9.47. The van der Waals surface area contributed by atoms with Crippen molar-refractivity contribution in [2.24, 2.45) is 5.92 Å². The highest BCUT2D eigenvalue weighted by Gasteiger charge is 2.28. The van der Waals surface area contributed by atoms with Gasteiger partial charge in [-0.25, -0.2) is 4.98 Å². The summed E-state index contributed by atoms with van der Waals surface area (Å²) in [7, 11) is 0. The molecule has 2 aliphatic heterocycles. The highest BCUT2D eigenvalue weighted by molar-refractivity contribution is 6.30. The second-order valence-electron chi connectivity index (χ2n) is 7.97. The van der Waals surface area contributed by atoms with Crippen LogP contribution in [0, 0.1) is 5.92 Å². The first-order valence-corrected chi connectivity index (χ1v) is 11.0. The summed E-state index contributed by atoms with van der Waals surface area (Å²) in [6.45, 7) is 1.78. The van der Waals surface area contributed by atoms with Crippen molar-refractivity contribution in [2.75, 3.05) is 29.9 Å². The lowest BCUT2D eigenvalue weighted by Gasteiger charge is -2.31. The number of hydrogen-bond acceptors (Lipinski definition) is 4. The monoisotopic (exact) mass is 440 g/mol. The Morgan fingerprint density at radius 2 is 1.74 bits per heavy atom. The minimum Gasteiger partial charge on any atom is -0.339 e. The fourth-order valence-electron chi connectivity index (χ4n) is 4.07. The Morgan fingerprint density at radius 3 is 2.39 bits per heavy atom. The molecule has 4 rings (SSSR count). The summed E-state index contributed by atoms with van der Waals surface area (Å²) in [5.74, 6) is 0.320. The van der Waals surface area contributed by atoms with E-state index in [1.807, 2.05) is 12.1 Å². The molecule has 0 spiro atoms. The molecule has 0 saturated carbocycles. The molecule has 2 aliphatic rings. The SMILES string of the molecule is O=C(Nc1ccc(Cl)cn1)C1CCN(C(=O)c2ccc(N3CCCCC3=O)cc2)CC1. The highest BCUT2D eigenvalue weighted by Crippen LogP contribution is 2.24. The van der Waals surface area contributed by atoms with Crippen LogP contribution in [0.5, 0.6) is 0 Å². The van der Waals surface area contributed by atoms with Gasteiger partial charge in [-0.1, -0.05) is 11.6 Å². The summed E-state index contributed by atoms with van der Waals surface area (Å²) in [6, 6.07) is 10.6. The van der Waals surface area contributed by atoms with E-state index in [2.05, 4.69) is 10.3 Å². The van der Waals surface area contributed by atoms with Gasteiger partial charge in [-0.2, -0.15) is 0 Å². The molecule has 0 radical (unpaired) electrons. The molecule has 7 nitrogen and oxygen atoms in total. The van der Waals surface area contributed by atoms with E-state index < -0.39 is 0 Å². The van der Waals surface area contributed by atoms with Gasteiger partial charge in [0.25, 0.3) is 5.91 Å². The molecule has 0 atom stereocenters. The predicted molar refractivity (Wildman–Crippen MR) is 119 cm³/mol. The van der Waals surface area contributed by atoms with E-state index in [0.29, 0.717) is 48.8 Å². The van der Waals surface area contributed by atoms with E-state index in [9.17, 15) is 14.4 Å². The van der Waals surface area contributed by atoms with Crippen LogP contribution in [0.2, 0.25) is 5.02 Å². The molecule has 1 aromatic carbocycles. The van der Waals surface area contributed by atoms with E-state index in [4.69, 9.17) is 11.6 Å². The van der Waals surface area contributed by atoms with E-state index in [-0.39, 0.29) is 23.6 Å². The molecule has 31 heavy (non-hydrogen) atoms. The molecule has 0 aliphatic carbocycles. The molecule has 2 fully saturated rings. The average Bonchev–Trinajstić information content (AvgIpc) is 2.81. The maximum Gasteiger partial charge on any atom is 0.253 e. The first-order chi connectivity index (χ1) is 15.0. The summed E-state index contributed by atoms with van der Waals surface area (Å²) >= 11 is 5.82. The highest BCUT2D eigenvalue weighted by atomic mass is 35.5. The van der Waals surface area contributed by atoms with Gasteiger partial charge in [0.1, 0.15) is 5.82 Å². The molecule has 0 unspecified atom stereocenters. The zero-order chi connectivity index (χ0) is 21.8. The normalized spacial score (nSPS) is 17.5. The average molecular weight is 441 g/mol. The fourth-order valence-corrected chi connectivity index (χ4v) is 4.18. The van der Waals surface area contributed by atoms with Gasteiger partial charge in [-0.15, -0.1) is 0 Å². The van der Waals surface area contributed by atoms with Gasteiger partial charge >= 0.3 is 0 Å². The van der Waals surface area contributed by atoms with Crippen molar-refractivity contribution in [3.05, 3.63) is 53.2 Å². The lowest BCUT2D eigenvalue weighted by atomic mass is 9.95. The smallest absolute Gasteiger partial charge is 0.253 e. The number of piperidine rings is 2. The van der Waals surface area contributed by atoms with Gasteiger partial charge in [0.2, 0.25) is 11.8 Å². The third-order valence-corrected chi connectivity index (χ3v) is 6.10. The number of nitrogens with zero attached hydrogens (tertiary/aromatic N) is 3. The molecule has 2 aromatic rings. The van der Waals surface area contributed by atoms with Crippen LogP contribution in [0.4, 0.5) is 11.5 Å². The van der Waals surface area contributed by atoms with Crippen LogP contribution in [-0.4, -0.2) is 47.2 Å². The Bertz CT molecular complexity index is 954. The van der Waals surface area contributed by atoms with Crippen molar-refractivity contribution < 1.29 is 14.4 Å². The minimum absolute atomic E-state index is 0.0465. The number of nitrogens with one attached hydrogen (secondary N) is 1. The standard InChI is InChI=1S/C23H25ClN4O3/c24-18-6-9-20(25-15-18)26-22(30)16-10-13-27(14-11-16)23(31)17-4-7-19(8-5-17)28-12-2-1-3-21(28)29/h4-9,15-16H,1-3,10-14H2,(H,25,26,30). The first kappa shape index (κ1) is 21.3. The number of amides is 3. The third kappa shape index (κ3) is 5.05. The number of benzene rings is 1. The Morgan fingerprint density at radius 1 is 1.00 bits per heavy atom. The number of carbonyl (C=O) groups is 3. The van der Waals surface area contributed by atoms with E-state index in [1.165, 1.54) is 6.20 Å². The van der Waals surface area contributed by atoms with Crippen LogP contribution in [-0.2, 0) is 9.59 Å². The van der Waals surface area contributed by atoms with Gasteiger partial charge in [0, 0.05) is 49.4 Å². The molecular formula is C23H25ClN4O3. The number of anilines is 2. The summed E-state index contributed by atoms with van der Waals surface area (Å²) in [4.78, 5) is 45.1. The number of aromatic nitrogens is 1. The van der Waals surface area contributed by atoms with E-state index in [1.54, 1.807) is 34.1 Å². The quantitative estimate of drug-likeness (QED) is 0.785. The molecule has 3 heterocycles. The predicted octanol–water partition coefficient (Wildman–Crippen LogP) is 3.74. The molecule has 0 bridgehead atoms. The second-order valence-corrected chi connectivity index (χ2v) is 8.40. The van der Waals surface area contributed by atoms with Crippen LogP contribution in [0.3, 0.4) is 0 Å². The van der Waals surface area contributed by atoms with Crippen molar-refractivity contribution in [1.29, 1.82) is 0 Å². The van der Waals surface area contributed by atoms with Gasteiger partial charge in [0.15, 0.2) is 0 Å². The van der Waals surface area contributed by atoms with E-state index in [0.717, 1.165) is 25.1 Å². The van der Waals surface area contributed by atoms with Crippen LogP contribution in [0.1, 0.15) is 42.5 Å². The van der Waals surface area contributed by atoms with Crippen molar-refractivity contribution in [2.45, 2.75) is 32.1 Å². The topological polar surface area (TPSA) is 82.6 Å². The molecule has 2 saturated heterocycles. The Hall–Kier alpha value is -2.93. The van der Waals surface area contributed by atoms with Crippen molar-refractivity contribution in [3.63, 3.8) is 0 Å². The summed E-state index contributed by atoms with van der Waals surface area (Å²) in [6.07, 6.45) is 5.22.